The molecule has 146 valence electrons. The molecule has 0 spiro atoms. The lowest BCUT2D eigenvalue weighted by Gasteiger charge is -2.19. The Labute approximate surface area is 168 Å². The van der Waals surface area contributed by atoms with Crippen LogP contribution in [0.25, 0.3) is 0 Å². The molecule has 2 N–H and O–H groups in total. The van der Waals surface area contributed by atoms with Crippen LogP contribution in [0.2, 0.25) is 0 Å². The molecule has 2 heterocycles. The summed E-state index contributed by atoms with van der Waals surface area (Å²) in [6.07, 6.45) is 0. The van der Waals surface area contributed by atoms with Crippen LogP contribution < -0.4 is 10.6 Å². The molecule has 2 amide bonds. The summed E-state index contributed by atoms with van der Waals surface area (Å²) in [5, 5.41) is 12.0. The van der Waals surface area contributed by atoms with Crippen LogP contribution in [0.1, 0.15) is 33.4 Å². The van der Waals surface area contributed by atoms with Gasteiger partial charge in [0.15, 0.2) is 0 Å². The maximum absolute atomic E-state index is 12.4. The normalized spacial score (nSPS) is 11.9. The second-order valence-corrected chi connectivity index (χ2v) is 7.79. The van der Waals surface area contributed by atoms with Crippen molar-refractivity contribution in [3.05, 3.63) is 69.2 Å². The minimum Gasteiger partial charge on any atom is -0.345 e. The zero-order valence-electron chi connectivity index (χ0n) is 16.4. The molecule has 3 rings (SSSR count). The van der Waals surface area contributed by atoms with E-state index in [2.05, 4.69) is 15.7 Å². The summed E-state index contributed by atoms with van der Waals surface area (Å²) in [6, 6.07) is 11.4. The molecule has 0 aliphatic rings. The lowest BCUT2D eigenvalue weighted by molar-refractivity contribution is -0.136. The minimum absolute atomic E-state index is 0.161. The number of carbonyl (C=O) groups excluding carboxylic acids is 2. The van der Waals surface area contributed by atoms with Crippen LogP contribution >= 0.6 is 11.3 Å². The Morgan fingerprint density at radius 3 is 2.54 bits per heavy atom. The lowest BCUT2D eigenvalue weighted by Crippen LogP contribution is -2.39. The number of amides is 2. The number of hydrogen-bond donors (Lipinski definition) is 2. The third-order valence-corrected chi connectivity index (χ3v) is 5.70. The summed E-state index contributed by atoms with van der Waals surface area (Å²) in [6.45, 7) is 8.08. The highest BCUT2D eigenvalue weighted by Crippen LogP contribution is 2.24. The fourth-order valence-corrected chi connectivity index (χ4v) is 3.90. The summed E-state index contributed by atoms with van der Waals surface area (Å²) in [5.41, 5.74) is 4.57. The Morgan fingerprint density at radius 2 is 1.89 bits per heavy atom. The van der Waals surface area contributed by atoms with Gasteiger partial charge in [-0.3, -0.25) is 14.3 Å². The molecule has 2 aromatic heterocycles. The molecule has 1 aromatic carbocycles. The molecule has 0 saturated heterocycles. The Hall–Kier alpha value is -2.93. The number of aromatic nitrogens is 2. The number of benzene rings is 1. The smallest absolute Gasteiger partial charge is 0.313 e. The van der Waals surface area contributed by atoms with E-state index in [1.54, 1.807) is 17.4 Å². The number of nitrogens with zero attached hydrogens (tertiary/aromatic N) is 2. The Morgan fingerprint density at radius 1 is 1.11 bits per heavy atom. The van der Waals surface area contributed by atoms with E-state index in [1.165, 1.54) is 0 Å². The van der Waals surface area contributed by atoms with Crippen molar-refractivity contribution in [2.75, 3.05) is 11.9 Å². The minimum atomic E-state index is -0.674. The van der Waals surface area contributed by atoms with E-state index in [0.29, 0.717) is 5.69 Å². The van der Waals surface area contributed by atoms with Crippen molar-refractivity contribution in [3.63, 3.8) is 0 Å². The number of aryl methyl sites for hydroxylation is 3. The van der Waals surface area contributed by atoms with Crippen molar-refractivity contribution in [2.24, 2.45) is 0 Å². The highest BCUT2D eigenvalue weighted by Gasteiger charge is 2.21. The number of rotatable bonds is 5. The van der Waals surface area contributed by atoms with Crippen molar-refractivity contribution in [2.45, 2.75) is 33.7 Å². The van der Waals surface area contributed by atoms with Gasteiger partial charge in [0.05, 0.1) is 5.69 Å². The number of carbonyl (C=O) groups is 2. The van der Waals surface area contributed by atoms with E-state index in [-0.39, 0.29) is 12.6 Å². The van der Waals surface area contributed by atoms with Crippen molar-refractivity contribution in [3.8, 4) is 0 Å². The monoisotopic (exact) mass is 396 g/mol. The van der Waals surface area contributed by atoms with Crippen LogP contribution in [-0.4, -0.2) is 28.1 Å². The highest BCUT2D eigenvalue weighted by atomic mass is 32.1. The zero-order valence-corrected chi connectivity index (χ0v) is 17.3. The standard InChI is InChI=1S/C21H24N4O2S/c1-13-7-5-8-17(16(13)4)23-21(27)20(26)22-12-18(19-9-6-10-28-19)25-15(3)11-14(2)24-25/h5-11,18H,12H2,1-4H3,(H,22,26)(H,23,27). The molecule has 1 atom stereocenters. The second-order valence-electron chi connectivity index (χ2n) is 6.81. The number of anilines is 1. The predicted molar refractivity (Wildman–Crippen MR) is 112 cm³/mol. The van der Waals surface area contributed by atoms with Crippen LogP contribution in [0.3, 0.4) is 0 Å². The third kappa shape index (κ3) is 4.31. The van der Waals surface area contributed by atoms with Crippen molar-refractivity contribution in [1.29, 1.82) is 0 Å². The molecule has 1 unspecified atom stereocenters. The van der Waals surface area contributed by atoms with Crippen molar-refractivity contribution < 1.29 is 9.59 Å². The molecule has 6 nitrogen and oxygen atoms in total. The maximum atomic E-state index is 12.4. The number of thiophene rings is 1. The fraction of sp³-hybridized carbons (Fsp3) is 0.286. The van der Waals surface area contributed by atoms with Crippen molar-refractivity contribution in [1.82, 2.24) is 15.1 Å². The first-order valence-electron chi connectivity index (χ1n) is 9.08. The zero-order chi connectivity index (χ0) is 20.3. The van der Waals surface area contributed by atoms with Gasteiger partial charge >= 0.3 is 11.8 Å². The lowest BCUT2D eigenvalue weighted by atomic mass is 10.1. The maximum Gasteiger partial charge on any atom is 0.313 e. The summed E-state index contributed by atoms with van der Waals surface area (Å²) in [5.74, 6) is -1.34. The molecule has 0 saturated carbocycles. The average molecular weight is 397 g/mol. The molecular weight excluding hydrogens is 372 g/mol. The second kappa shape index (κ2) is 8.39. The Bertz CT molecular complexity index is 992. The predicted octanol–water partition coefficient (Wildman–Crippen LogP) is 3.52. The summed E-state index contributed by atoms with van der Waals surface area (Å²) < 4.78 is 1.89. The van der Waals surface area contributed by atoms with Crippen LogP contribution in [0.4, 0.5) is 5.69 Å². The van der Waals surface area contributed by atoms with E-state index in [0.717, 1.165) is 27.4 Å². The number of nitrogens with one attached hydrogen (secondary N) is 2. The molecule has 0 aliphatic heterocycles. The first-order valence-corrected chi connectivity index (χ1v) is 9.96. The number of hydrogen-bond acceptors (Lipinski definition) is 4. The van der Waals surface area contributed by atoms with Crippen molar-refractivity contribution >= 4 is 28.8 Å². The van der Waals surface area contributed by atoms with E-state index in [4.69, 9.17) is 0 Å². The van der Waals surface area contributed by atoms with Gasteiger partial charge in [0, 0.05) is 22.8 Å². The Balaban J connectivity index is 1.71. The van der Waals surface area contributed by atoms with Gasteiger partial charge in [0.2, 0.25) is 0 Å². The molecule has 3 aromatic rings. The molecule has 7 heteroatoms. The van der Waals surface area contributed by atoms with Gasteiger partial charge in [0.25, 0.3) is 0 Å². The van der Waals surface area contributed by atoms with Crippen LogP contribution in [-0.2, 0) is 9.59 Å². The molecule has 0 bridgehead atoms. The summed E-state index contributed by atoms with van der Waals surface area (Å²) >= 11 is 1.60. The molecule has 0 aliphatic carbocycles. The van der Waals surface area contributed by atoms with Gasteiger partial charge in [-0.1, -0.05) is 18.2 Å². The van der Waals surface area contributed by atoms with Crippen LogP contribution in [0, 0.1) is 27.7 Å². The summed E-state index contributed by atoms with van der Waals surface area (Å²) in [7, 11) is 0. The van der Waals surface area contributed by atoms with Gasteiger partial charge in [-0.25, -0.2) is 0 Å². The topological polar surface area (TPSA) is 76.0 Å². The average Bonchev–Trinajstić information content (AvgIpc) is 3.29. The van der Waals surface area contributed by atoms with Gasteiger partial charge in [-0.05, 0) is 62.4 Å². The SMILES string of the molecule is Cc1cc(C)n(C(CNC(=O)C(=O)Nc2cccc(C)c2C)c2cccs2)n1. The van der Waals surface area contributed by atoms with Gasteiger partial charge in [0.1, 0.15) is 6.04 Å². The third-order valence-electron chi connectivity index (χ3n) is 4.73. The fourth-order valence-electron chi connectivity index (χ4n) is 3.09. The first-order chi connectivity index (χ1) is 13.4. The van der Waals surface area contributed by atoms with Crippen LogP contribution in [0.5, 0.6) is 0 Å². The highest BCUT2D eigenvalue weighted by molar-refractivity contribution is 7.10. The van der Waals surface area contributed by atoms with Gasteiger partial charge in [-0.15, -0.1) is 11.3 Å². The van der Waals surface area contributed by atoms with Crippen LogP contribution in [0.15, 0.2) is 41.8 Å². The van der Waals surface area contributed by atoms with E-state index in [9.17, 15) is 9.59 Å². The summed E-state index contributed by atoms with van der Waals surface area (Å²) in [4.78, 5) is 25.8. The van der Waals surface area contributed by atoms with Gasteiger partial charge < -0.3 is 10.6 Å². The molecule has 0 radical (unpaired) electrons. The van der Waals surface area contributed by atoms with E-state index in [1.807, 2.05) is 68.1 Å². The molecule has 0 fully saturated rings. The quantitative estimate of drug-likeness (QED) is 0.648. The largest absolute Gasteiger partial charge is 0.345 e. The first kappa shape index (κ1) is 19.8. The molecular formula is C21H24N4O2S. The van der Waals surface area contributed by atoms with E-state index >= 15 is 0 Å². The Kier molecular flexibility index (Phi) is 5.94. The molecule has 28 heavy (non-hydrogen) atoms. The van der Waals surface area contributed by atoms with E-state index < -0.39 is 11.8 Å². The van der Waals surface area contributed by atoms with Gasteiger partial charge in [-0.2, -0.15) is 5.10 Å².